The molecule has 0 radical (unpaired) electrons. The van der Waals surface area contributed by atoms with Gasteiger partial charge in [-0.3, -0.25) is 19.3 Å². The van der Waals surface area contributed by atoms with Crippen LogP contribution in [0.1, 0.15) is 65.2 Å². The van der Waals surface area contributed by atoms with Crippen molar-refractivity contribution >= 4 is 33.8 Å². The largest absolute Gasteiger partial charge is 0.432 e. The molecule has 0 spiro atoms. The first-order chi connectivity index (χ1) is 18.7. The number of fused-ring (bicyclic) bond motifs is 1. The van der Waals surface area contributed by atoms with Gasteiger partial charge in [-0.25, -0.2) is 4.98 Å². The van der Waals surface area contributed by atoms with Crippen molar-refractivity contribution in [2.45, 2.75) is 63.7 Å². The van der Waals surface area contributed by atoms with Crippen LogP contribution in [0.4, 0.5) is 4.79 Å². The van der Waals surface area contributed by atoms with Crippen molar-refractivity contribution in [1.82, 2.24) is 19.8 Å². The first kappa shape index (κ1) is 29.5. The average molecular weight is 559 g/mol. The summed E-state index contributed by atoms with van der Waals surface area (Å²) in [6.07, 6.45) is 3.34. The molecule has 3 aromatic rings. The van der Waals surface area contributed by atoms with Crippen LogP contribution in [0.15, 0.2) is 54.7 Å². The van der Waals surface area contributed by atoms with Crippen LogP contribution in [0.3, 0.4) is 0 Å². The minimum Gasteiger partial charge on any atom is -0.432 e. The third kappa shape index (κ3) is 6.13. The number of nitrogens with zero attached hydrogens (tertiary/aromatic N) is 3. The van der Waals surface area contributed by atoms with Crippen molar-refractivity contribution in [3.8, 4) is 11.3 Å². The Morgan fingerprint density at radius 1 is 1.07 bits per heavy atom. The molecule has 0 bridgehead atoms. The first-order valence-electron chi connectivity index (χ1n) is 13.7. The number of imidazole rings is 1. The van der Waals surface area contributed by atoms with Gasteiger partial charge in [0.2, 0.25) is 7.85 Å². The highest BCUT2D eigenvalue weighted by molar-refractivity contribution is 6.72. The fourth-order valence-corrected chi connectivity index (χ4v) is 6.16. The lowest BCUT2D eigenvalue weighted by Gasteiger charge is -2.36. The number of benzene rings is 2. The molecular weight excluding hydrogens is 519 g/mol. The molecule has 1 aliphatic heterocycles. The van der Waals surface area contributed by atoms with Crippen molar-refractivity contribution < 1.29 is 19.2 Å². The normalized spacial score (nSPS) is 15.2. The first-order valence-corrected chi connectivity index (χ1v) is 16.7. The lowest BCUT2D eigenvalue weighted by atomic mass is 9.97. The smallest absolute Gasteiger partial charge is 0.261 e. The molecule has 0 saturated heterocycles. The van der Waals surface area contributed by atoms with E-state index in [1.165, 1.54) is 12.7 Å². The van der Waals surface area contributed by atoms with Gasteiger partial charge >= 0.3 is 0 Å². The van der Waals surface area contributed by atoms with Crippen LogP contribution < -0.4 is 5.32 Å². The van der Waals surface area contributed by atoms with Gasteiger partial charge in [0, 0.05) is 31.3 Å². The van der Waals surface area contributed by atoms with Gasteiger partial charge in [0.05, 0.1) is 22.9 Å². The monoisotopic (exact) mass is 558 g/mol. The van der Waals surface area contributed by atoms with E-state index in [0.717, 1.165) is 29.1 Å². The molecule has 210 valence electrons. The topological polar surface area (TPSA) is 105 Å². The van der Waals surface area contributed by atoms with Crippen LogP contribution in [0.2, 0.25) is 18.1 Å². The van der Waals surface area contributed by atoms with E-state index in [2.05, 4.69) is 30.7 Å². The van der Waals surface area contributed by atoms with Crippen molar-refractivity contribution in [2.75, 3.05) is 6.54 Å². The Hall–Kier alpha value is -3.50. The highest BCUT2D eigenvalue weighted by Crippen LogP contribution is 2.43. The lowest BCUT2D eigenvalue weighted by Crippen LogP contribution is -2.46. The summed E-state index contributed by atoms with van der Waals surface area (Å²) >= 11 is 0. The number of rotatable bonds is 10. The lowest BCUT2D eigenvalue weighted by molar-refractivity contribution is 0.0639. The number of carbonyl (C=O) groups excluding carboxylic acids is 3. The molecule has 2 aromatic carbocycles. The minimum absolute atomic E-state index is 0.0962. The maximum Gasteiger partial charge on any atom is 0.261 e. The molecule has 0 aliphatic carbocycles. The van der Waals surface area contributed by atoms with Gasteiger partial charge in [0.25, 0.3) is 11.8 Å². The molecule has 2 atom stereocenters. The standard InChI is InChI=1S/C30H39BN4O4Si/c1-19(16-30(2,3)40(5,6)39)26-33-25(18-34(26)4)21-13-11-20(12-14-21)15-22(32-29(31)38)17-35-27(36)23-9-7-8-10-24(23)28(35)37/h7-14,18-19,22,39H,15-17,31H2,1-6H3,(H,32,38). The highest BCUT2D eigenvalue weighted by Gasteiger charge is 2.40. The summed E-state index contributed by atoms with van der Waals surface area (Å²) in [5.41, 5.74) is 3.62. The highest BCUT2D eigenvalue weighted by atomic mass is 28.4. The van der Waals surface area contributed by atoms with E-state index in [1.807, 2.05) is 50.6 Å². The molecule has 2 heterocycles. The van der Waals surface area contributed by atoms with Gasteiger partial charge in [-0.2, -0.15) is 0 Å². The third-order valence-corrected chi connectivity index (χ3v) is 11.8. The predicted octanol–water partition coefficient (Wildman–Crippen LogP) is 4.11. The summed E-state index contributed by atoms with van der Waals surface area (Å²) < 4.78 is 2.06. The second kappa shape index (κ2) is 11.2. The summed E-state index contributed by atoms with van der Waals surface area (Å²) in [5.74, 6) is 0.285. The quantitative estimate of drug-likeness (QED) is 0.288. The molecule has 10 heteroatoms. The Labute approximate surface area is 238 Å². The molecular formula is C30H39BN4O4Si. The van der Waals surface area contributed by atoms with Gasteiger partial charge in [-0.05, 0) is 48.7 Å². The number of nitrogens with one attached hydrogen (secondary N) is 1. The second-order valence-corrected chi connectivity index (χ2v) is 16.7. The summed E-state index contributed by atoms with van der Waals surface area (Å²) in [5, 5.41) is 2.76. The van der Waals surface area contributed by atoms with Crippen LogP contribution in [-0.2, 0) is 13.5 Å². The molecule has 0 saturated carbocycles. The van der Waals surface area contributed by atoms with Gasteiger partial charge in [0.1, 0.15) is 5.82 Å². The molecule has 4 rings (SSSR count). The Bertz CT molecular complexity index is 1390. The van der Waals surface area contributed by atoms with E-state index in [9.17, 15) is 19.2 Å². The van der Waals surface area contributed by atoms with Gasteiger partial charge in [-0.15, -0.1) is 0 Å². The van der Waals surface area contributed by atoms with Crippen LogP contribution in [0.5, 0.6) is 0 Å². The molecule has 3 amide bonds. The van der Waals surface area contributed by atoms with E-state index < -0.39 is 14.4 Å². The van der Waals surface area contributed by atoms with Crippen LogP contribution in [-0.4, -0.2) is 65.6 Å². The number of aromatic nitrogens is 2. The van der Waals surface area contributed by atoms with Crippen LogP contribution in [0, 0.1) is 0 Å². The van der Waals surface area contributed by atoms with E-state index in [4.69, 9.17) is 4.98 Å². The van der Waals surface area contributed by atoms with Gasteiger partial charge in [0.15, 0.2) is 14.1 Å². The Balaban J connectivity index is 1.47. The van der Waals surface area contributed by atoms with Crippen molar-refractivity contribution in [1.29, 1.82) is 0 Å². The zero-order chi connectivity index (χ0) is 29.4. The predicted molar refractivity (Wildman–Crippen MR) is 162 cm³/mol. The van der Waals surface area contributed by atoms with Crippen LogP contribution >= 0.6 is 0 Å². The molecule has 8 nitrogen and oxygen atoms in total. The zero-order valence-electron chi connectivity index (χ0n) is 24.5. The molecule has 1 aliphatic rings. The summed E-state index contributed by atoms with van der Waals surface area (Å²) in [4.78, 5) is 54.6. The van der Waals surface area contributed by atoms with E-state index in [-0.39, 0.29) is 35.1 Å². The maximum absolute atomic E-state index is 12.9. The van der Waals surface area contributed by atoms with Gasteiger partial charge in [-0.1, -0.05) is 57.2 Å². The van der Waals surface area contributed by atoms with Crippen molar-refractivity contribution in [2.24, 2.45) is 7.05 Å². The Morgan fingerprint density at radius 3 is 2.17 bits per heavy atom. The van der Waals surface area contributed by atoms with E-state index in [1.54, 1.807) is 24.3 Å². The SMILES string of the molecule is BC(=O)NC(Cc1ccc(-c2cn(C)c(C(C)CC(C)(C)[Si](C)(C)O)n2)cc1)CN1C(=O)c2ccccc2C1=O. The second-order valence-electron chi connectivity index (χ2n) is 12.2. The average Bonchev–Trinajstić information content (AvgIpc) is 3.37. The molecule has 1 aromatic heterocycles. The number of carbonyl (C=O) groups is 3. The van der Waals surface area contributed by atoms with Crippen LogP contribution in [0.25, 0.3) is 11.3 Å². The minimum atomic E-state index is -2.33. The Morgan fingerprint density at radius 2 is 1.65 bits per heavy atom. The fourth-order valence-electron chi connectivity index (χ4n) is 5.35. The van der Waals surface area contributed by atoms with Crippen molar-refractivity contribution in [3.63, 3.8) is 0 Å². The number of aryl methyl sites for hydroxylation is 1. The van der Waals surface area contributed by atoms with E-state index >= 15 is 0 Å². The molecule has 2 unspecified atom stereocenters. The van der Waals surface area contributed by atoms with E-state index in [0.29, 0.717) is 17.5 Å². The molecule has 40 heavy (non-hydrogen) atoms. The number of hydrogen-bond donors (Lipinski definition) is 2. The number of hydrogen-bond acceptors (Lipinski definition) is 5. The summed E-state index contributed by atoms with van der Waals surface area (Å²) in [6, 6.07) is 14.4. The van der Waals surface area contributed by atoms with Gasteiger partial charge < -0.3 is 14.7 Å². The Kier molecular flexibility index (Phi) is 8.24. The summed E-state index contributed by atoms with van der Waals surface area (Å²) in [7, 11) is 1.11. The fraction of sp³-hybridized carbons (Fsp3) is 0.400. The summed E-state index contributed by atoms with van der Waals surface area (Å²) in [6.45, 7) is 10.5. The van der Waals surface area contributed by atoms with Crippen molar-refractivity contribution in [3.05, 3.63) is 77.2 Å². The zero-order valence-corrected chi connectivity index (χ0v) is 25.5. The number of amides is 3. The molecule has 0 fully saturated rings. The maximum atomic E-state index is 12.9. The third-order valence-electron chi connectivity index (χ3n) is 8.25. The molecule has 2 N–H and O–H groups in total. The number of imide groups is 1.